The smallest absolute Gasteiger partial charge is 0.321 e. The molecule has 0 aromatic heterocycles. The molecule has 1 heterocycles. The van der Waals surface area contributed by atoms with E-state index in [0.717, 1.165) is 25.9 Å². The van der Waals surface area contributed by atoms with Gasteiger partial charge in [-0.3, -0.25) is 0 Å². The van der Waals surface area contributed by atoms with Gasteiger partial charge in [0, 0.05) is 13.1 Å². The maximum absolute atomic E-state index is 12.0. The predicted molar refractivity (Wildman–Crippen MR) is 69.9 cm³/mol. The van der Waals surface area contributed by atoms with E-state index in [1.54, 1.807) is 6.07 Å². The van der Waals surface area contributed by atoms with E-state index in [1.165, 1.54) is 12.8 Å². The topological polar surface area (TPSA) is 58.4 Å². The second-order valence-electron chi connectivity index (χ2n) is 4.42. The molecule has 1 saturated heterocycles. The number of anilines is 2. The van der Waals surface area contributed by atoms with Gasteiger partial charge in [0.05, 0.1) is 11.4 Å². The summed E-state index contributed by atoms with van der Waals surface area (Å²) in [6.45, 7) is 1.69. The Morgan fingerprint density at radius 1 is 1.12 bits per heavy atom. The largest absolute Gasteiger partial charge is 0.397 e. The van der Waals surface area contributed by atoms with Gasteiger partial charge in [0.2, 0.25) is 0 Å². The van der Waals surface area contributed by atoms with Crippen LogP contribution in [-0.2, 0) is 0 Å². The molecule has 1 fully saturated rings. The van der Waals surface area contributed by atoms with Crippen LogP contribution in [0.3, 0.4) is 0 Å². The second-order valence-corrected chi connectivity index (χ2v) is 4.42. The summed E-state index contributed by atoms with van der Waals surface area (Å²) in [5.41, 5.74) is 7.10. The third-order valence-electron chi connectivity index (χ3n) is 3.10. The monoisotopic (exact) mass is 233 g/mol. The molecule has 2 rings (SSSR count). The third kappa shape index (κ3) is 3.12. The normalized spacial score (nSPS) is 16.4. The zero-order valence-electron chi connectivity index (χ0n) is 9.98. The molecule has 0 aliphatic carbocycles. The summed E-state index contributed by atoms with van der Waals surface area (Å²) in [6, 6.07) is 7.30. The number of nitrogens with zero attached hydrogens (tertiary/aromatic N) is 1. The number of amides is 2. The number of nitrogens with two attached hydrogens (primary N) is 1. The van der Waals surface area contributed by atoms with Gasteiger partial charge in [-0.25, -0.2) is 4.79 Å². The first kappa shape index (κ1) is 11.8. The fraction of sp³-hybridized carbons (Fsp3) is 0.462. The van der Waals surface area contributed by atoms with Gasteiger partial charge in [0.15, 0.2) is 0 Å². The van der Waals surface area contributed by atoms with Crippen LogP contribution in [0, 0.1) is 0 Å². The Hall–Kier alpha value is -1.71. The zero-order chi connectivity index (χ0) is 12.1. The lowest BCUT2D eigenvalue weighted by molar-refractivity contribution is 0.214. The van der Waals surface area contributed by atoms with E-state index in [1.807, 2.05) is 23.1 Å². The molecule has 2 amide bonds. The van der Waals surface area contributed by atoms with Gasteiger partial charge in [-0.05, 0) is 25.0 Å². The number of carbonyl (C=O) groups is 1. The van der Waals surface area contributed by atoms with Crippen LogP contribution in [0.25, 0.3) is 0 Å². The van der Waals surface area contributed by atoms with Crippen LogP contribution in [0.15, 0.2) is 24.3 Å². The molecule has 92 valence electrons. The van der Waals surface area contributed by atoms with Crippen LogP contribution in [0.1, 0.15) is 25.7 Å². The number of para-hydroxylation sites is 2. The molecule has 17 heavy (non-hydrogen) atoms. The van der Waals surface area contributed by atoms with E-state index >= 15 is 0 Å². The number of nitrogen functional groups attached to an aromatic ring is 1. The predicted octanol–water partition coefficient (Wildman–Crippen LogP) is 2.68. The minimum Gasteiger partial charge on any atom is -0.397 e. The van der Waals surface area contributed by atoms with Crippen molar-refractivity contribution in [2.75, 3.05) is 24.1 Å². The first-order valence-electron chi connectivity index (χ1n) is 6.18. The standard InChI is InChI=1S/C13H19N3O/c14-11-7-3-4-8-12(11)15-13(17)16-9-5-1-2-6-10-16/h3-4,7-8H,1-2,5-6,9-10,14H2,(H,15,17). The van der Waals surface area contributed by atoms with Crippen LogP contribution in [-0.4, -0.2) is 24.0 Å². The highest BCUT2D eigenvalue weighted by atomic mass is 16.2. The highest BCUT2D eigenvalue weighted by Crippen LogP contribution is 2.18. The lowest BCUT2D eigenvalue weighted by Crippen LogP contribution is -2.35. The van der Waals surface area contributed by atoms with Gasteiger partial charge in [-0.2, -0.15) is 0 Å². The number of carbonyl (C=O) groups excluding carboxylic acids is 1. The molecule has 4 heteroatoms. The number of hydrogen-bond acceptors (Lipinski definition) is 2. The van der Waals surface area contributed by atoms with Crippen LogP contribution < -0.4 is 11.1 Å². The Morgan fingerprint density at radius 3 is 2.41 bits per heavy atom. The molecule has 0 bridgehead atoms. The molecule has 1 aliphatic rings. The first-order valence-corrected chi connectivity index (χ1v) is 6.18. The van der Waals surface area contributed by atoms with Crippen molar-refractivity contribution in [1.82, 2.24) is 4.90 Å². The number of likely N-dealkylation sites (tertiary alicyclic amines) is 1. The Kier molecular flexibility index (Phi) is 3.85. The van der Waals surface area contributed by atoms with E-state index in [4.69, 9.17) is 5.73 Å². The van der Waals surface area contributed by atoms with Crippen LogP contribution in [0.5, 0.6) is 0 Å². The van der Waals surface area contributed by atoms with Crippen molar-refractivity contribution in [2.24, 2.45) is 0 Å². The number of nitrogens with one attached hydrogen (secondary N) is 1. The number of hydrogen-bond donors (Lipinski definition) is 2. The van der Waals surface area contributed by atoms with Gasteiger partial charge in [0.1, 0.15) is 0 Å². The quantitative estimate of drug-likeness (QED) is 0.733. The molecule has 4 nitrogen and oxygen atoms in total. The molecule has 1 aromatic rings. The molecular formula is C13H19N3O. The average molecular weight is 233 g/mol. The summed E-state index contributed by atoms with van der Waals surface area (Å²) in [5.74, 6) is 0. The minimum atomic E-state index is -0.0372. The van der Waals surface area contributed by atoms with Gasteiger partial charge in [0.25, 0.3) is 0 Å². The Morgan fingerprint density at radius 2 is 1.76 bits per heavy atom. The van der Waals surface area contributed by atoms with Crippen molar-refractivity contribution in [3.8, 4) is 0 Å². The van der Waals surface area contributed by atoms with Crippen LogP contribution >= 0.6 is 0 Å². The molecule has 0 atom stereocenters. The first-order chi connectivity index (χ1) is 8.27. The van der Waals surface area contributed by atoms with Crippen LogP contribution in [0.4, 0.5) is 16.2 Å². The molecule has 0 radical (unpaired) electrons. The highest BCUT2D eigenvalue weighted by molar-refractivity contribution is 5.92. The minimum absolute atomic E-state index is 0.0372. The van der Waals surface area contributed by atoms with E-state index in [-0.39, 0.29) is 6.03 Å². The van der Waals surface area contributed by atoms with E-state index in [0.29, 0.717) is 11.4 Å². The van der Waals surface area contributed by atoms with Gasteiger partial charge in [-0.1, -0.05) is 25.0 Å². The fourth-order valence-electron chi connectivity index (χ4n) is 2.08. The van der Waals surface area contributed by atoms with E-state index in [9.17, 15) is 4.79 Å². The lowest BCUT2D eigenvalue weighted by atomic mass is 10.2. The van der Waals surface area contributed by atoms with Crippen molar-refractivity contribution in [3.05, 3.63) is 24.3 Å². The SMILES string of the molecule is Nc1ccccc1NC(=O)N1CCCCCC1. The molecule has 0 saturated carbocycles. The Bertz CT molecular complexity index is 384. The van der Waals surface area contributed by atoms with Crippen molar-refractivity contribution >= 4 is 17.4 Å². The zero-order valence-corrected chi connectivity index (χ0v) is 9.98. The van der Waals surface area contributed by atoms with E-state index < -0.39 is 0 Å². The lowest BCUT2D eigenvalue weighted by Gasteiger charge is -2.21. The third-order valence-corrected chi connectivity index (χ3v) is 3.10. The number of urea groups is 1. The molecule has 0 unspecified atom stereocenters. The molecule has 1 aromatic carbocycles. The Labute approximate surface area is 102 Å². The van der Waals surface area contributed by atoms with Gasteiger partial charge < -0.3 is 16.0 Å². The summed E-state index contributed by atoms with van der Waals surface area (Å²) < 4.78 is 0. The maximum atomic E-state index is 12.0. The second kappa shape index (κ2) is 5.57. The number of rotatable bonds is 1. The molecule has 0 spiro atoms. The van der Waals surface area contributed by atoms with Gasteiger partial charge >= 0.3 is 6.03 Å². The van der Waals surface area contributed by atoms with Crippen LogP contribution in [0.2, 0.25) is 0 Å². The van der Waals surface area contributed by atoms with Crippen molar-refractivity contribution in [2.45, 2.75) is 25.7 Å². The highest BCUT2D eigenvalue weighted by Gasteiger charge is 2.15. The van der Waals surface area contributed by atoms with E-state index in [2.05, 4.69) is 5.32 Å². The Balaban J connectivity index is 1.98. The fourth-order valence-corrected chi connectivity index (χ4v) is 2.08. The summed E-state index contributed by atoms with van der Waals surface area (Å²) in [7, 11) is 0. The van der Waals surface area contributed by atoms with Crippen molar-refractivity contribution in [3.63, 3.8) is 0 Å². The average Bonchev–Trinajstić information content (AvgIpc) is 2.61. The summed E-state index contributed by atoms with van der Waals surface area (Å²) in [6.07, 6.45) is 4.63. The number of benzene rings is 1. The molecular weight excluding hydrogens is 214 g/mol. The summed E-state index contributed by atoms with van der Waals surface area (Å²) in [5, 5.41) is 2.87. The van der Waals surface area contributed by atoms with Crippen molar-refractivity contribution < 1.29 is 4.79 Å². The van der Waals surface area contributed by atoms with Crippen molar-refractivity contribution in [1.29, 1.82) is 0 Å². The maximum Gasteiger partial charge on any atom is 0.321 e. The summed E-state index contributed by atoms with van der Waals surface area (Å²) in [4.78, 5) is 13.9. The molecule has 3 N–H and O–H groups in total. The summed E-state index contributed by atoms with van der Waals surface area (Å²) >= 11 is 0. The van der Waals surface area contributed by atoms with Gasteiger partial charge in [-0.15, -0.1) is 0 Å². The molecule has 1 aliphatic heterocycles.